The van der Waals surface area contributed by atoms with E-state index in [4.69, 9.17) is 0 Å². The molecule has 1 amide bonds. The Morgan fingerprint density at radius 2 is 1.53 bits per heavy atom. The lowest BCUT2D eigenvalue weighted by molar-refractivity contribution is 0.0939. The molecule has 0 bridgehead atoms. The summed E-state index contributed by atoms with van der Waals surface area (Å²) in [6.45, 7) is 1.04. The normalized spacial score (nSPS) is 10.5. The lowest BCUT2D eigenvalue weighted by Crippen LogP contribution is -2.25. The largest absolute Gasteiger partial charge is 0.348 e. The van der Waals surface area contributed by atoms with E-state index in [0.717, 1.165) is 11.1 Å². The number of amides is 1. The molecule has 4 rings (SSSR count). The number of aromatic nitrogens is 2. The molecule has 0 atom stereocenters. The highest BCUT2D eigenvalue weighted by molar-refractivity contribution is 6.15. The first-order valence-corrected chi connectivity index (χ1v) is 9.73. The van der Waals surface area contributed by atoms with Crippen LogP contribution in [0.2, 0.25) is 0 Å². The van der Waals surface area contributed by atoms with Crippen LogP contribution in [0.3, 0.4) is 0 Å². The van der Waals surface area contributed by atoms with Gasteiger partial charge in [0.25, 0.3) is 5.91 Å². The lowest BCUT2D eigenvalue weighted by atomic mass is 9.98. The van der Waals surface area contributed by atoms with Crippen LogP contribution in [0.5, 0.6) is 0 Å². The third-order valence-corrected chi connectivity index (χ3v) is 4.80. The Morgan fingerprint density at radius 3 is 2.30 bits per heavy atom. The van der Waals surface area contributed by atoms with E-state index in [-0.39, 0.29) is 11.7 Å². The van der Waals surface area contributed by atoms with Crippen LogP contribution in [0.4, 0.5) is 0 Å². The zero-order valence-corrected chi connectivity index (χ0v) is 16.4. The maximum Gasteiger partial charge on any atom is 0.252 e. The number of nitrogens with zero attached hydrogens (tertiary/aromatic N) is 2. The molecule has 0 fully saturated rings. The second-order valence-electron chi connectivity index (χ2n) is 6.95. The molecule has 0 aliphatic carbocycles. The molecule has 5 nitrogen and oxygen atoms in total. The number of nitrogens with one attached hydrogen (secondary N) is 1. The van der Waals surface area contributed by atoms with Gasteiger partial charge in [0.05, 0.1) is 12.1 Å². The minimum Gasteiger partial charge on any atom is -0.348 e. The van der Waals surface area contributed by atoms with E-state index in [1.807, 2.05) is 59.4 Å². The number of hydrogen-bond acceptors (Lipinski definition) is 3. The minimum atomic E-state index is -0.271. The number of carbonyl (C=O) groups is 2. The number of benzene rings is 3. The van der Waals surface area contributed by atoms with E-state index >= 15 is 0 Å². The van der Waals surface area contributed by atoms with E-state index < -0.39 is 0 Å². The van der Waals surface area contributed by atoms with Gasteiger partial charge in [0, 0.05) is 30.1 Å². The smallest absolute Gasteiger partial charge is 0.252 e. The van der Waals surface area contributed by atoms with Crippen molar-refractivity contribution in [3.63, 3.8) is 0 Å². The molecule has 0 aliphatic heterocycles. The van der Waals surface area contributed by atoms with Gasteiger partial charge in [-0.1, -0.05) is 72.8 Å². The fraction of sp³-hybridized carbons (Fsp3) is 0.0800. The van der Waals surface area contributed by atoms with Gasteiger partial charge in [-0.3, -0.25) is 14.3 Å². The average Bonchev–Trinajstić information content (AvgIpc) is 3.31. The van der Waals surface area contributed by atoms with Crippen molar-refractivity contribution in [1.82, 2.24) is 15.1 Å². The van der Waals surface area contributed by atoms with Crippen LogP contribution in [0.1, 0.15) is 37.4 Å². The first-order chi connectivity index (χ1) is 14.7. The molecule has 0 radical (unpaired) electrons. The predicted molar refractivity (Wildman–Crippen MR) is 115 cm³/mol. The highest BCUT2D eigenvalue weighted by atomic mass is 16.2. The van der Waals surface area contributed by atoms with Gasteiger partial charge >= 0.3 is 0 Å². The maximum absolute atomic E-state index is 12.9. The molecule has 0 saturated carbocycles. The van der Waals surface area contributed by atoms with E-state index in [9.17, 15) is 9.59 Å². The Kier molecular flexibility index (Phi) is 5.80. The molecule has 1 aromatic heterocycles. The Labute approximate surface area is 175 Å². The van der Waals surface area contributed by atoms with E-state index in [1.54, 1.807) is 42.6 Å². The molecule has 4 aromatic rings. The van der Waals surface area contributed by atoms with Crippen molar-refractivity contribution in [2.45, 2.75) is 13.1 Å². The van der Waals surface area contributed by atoms with Crippen molar-refractivity contribution < 1.29 is 9.59 Å². The Morgan fingerprint density at radius 1 is 0.800 bits per heavy atom. The Bertz CT molecular complexity index is 1150. The van der Waals surface area contributed by atoms with Gasteiger partial charge in [-0.05, 0) is 23.3 Å². The van der Waals surface area contributed by atoms with Gasteiger partial charge in [-0.15, -0.1) is 0 Å². The third-order valence-electron chi connectivity index (χ3n) is 4.80. The first kappa shape index (κ1) is 19.3. The molecule has 0 aliphatic rings. The van der Waals surface area contributed by atoms with E-state index in [1.165, 1.54) is 0 Å². The summed E-state index contributed by atoms with van der Waals surface area (Å²) in [6, 6.07) is 25.8. The quantitative estimate of drug-likeness (QED) is 0.479. The highest BCUT2D eigenvalue weighted by Crippen LogP contribution is 2.15. The summed E-state index contributed by atoms with van der Waals surface area (Å²) in [4.78, 5) is 25.7. The van der Waals surface area contributed by atoms with E-state index in [0.29, 0.717) is 29.8 Å². The standard InChI is InChI=1S/C25H21N3O2/c29-24(21-10-2-1-3-11-21)22-12-4-5-13-23(22)25(30)26-17-19-8-6-9-20(16-19)18-28-15-7-14-27-28/h1-16H,17-18H2,(H,26,30). The van der Waals surface area contributed by atoms with Crippen molar-refractivity contribution in [2.75, 3.05) is 0 Å². The minimum absolute atomic E-state index is 0.164. The molecule has 1 N–H and O–H groups in total. The predicted octanol–water partition coefficient (Wildman–Crippen LogP) is 4.09. The van der Waals surface area contributed by atoms with Gasteiger partial charge in [0.15, 0.2) is 5.78 Å². The number of hydrogen-bond donors (Lipinski definition) is 1. The maximum atomic E-state index is 12.9. The fourth-order valence-electron chi connectivity index (χ4n) is 3.32. The summed E-state index contributed by atoms with van der Waals surface area (Å²) >= 11 is 0. The van der Waals surface area contributed by atoms with Crippen molar-refractivity contribution in [3.05, 3.63) is 125 Å². The lowest BCUT2D eigenvalue weighted by Gasteiger charge is -2.11. The summed E-state index contributed by atoms with van der Waals surface area (Å²) in [6.07, 6.45) is 3.66. The van der Waals surface area contributed by atoms with E-state index in [2.05, 4.69) is 10.4 Å². The van der Waals surface area contributed by atoms with Crippen LogP contribution in [-0.4, -0.2) is 21.5 Å². The first-order valence-electron chi connectivity index (χ1n) is 9.73. The molecular formula is C25H21N3O2. The highest BCUT2D eigenvalue weighted by Gasteiger charge is 2.17. The van der Waals surface area contributed by atoms with Crippen LogP contribution in [0.15, 0.2) is 97.3 Å². The molecular weight excluding hydrogens is 374 g/mol. The number of rotatable bonds is 7. The van der Waals surface area contributed by atoms with Crippen LogP contribution >= 0.6 is 0 Å². The van der Waals surface area contributed by atoms with Gasteiger partial charge in [0.1, 0.15) is 0 Å². The second-order valence-corrected chi connectivity index (χ2v) is 6.95. The molecule has 30 heavy (non-hydrogen) atoms. The Hall–Kier alpha value is -3.99. The average molecular weight is 395 g/mol. The molecule has 0 spiro atoms. The van der Waals surface area contributed by atoms with Gasteiger partial charge in [-0.25, -0.2) is 0 Å². The van der Waals surface area contributed by atoms with Crippen molar-refractivity contribution >= 4 is 11.7 Å². The molecule has 0 unspecified atom stereocenters. The molecule has 0 saturated heterocycles. The van der Waals surface area contributed by atoms with Gasteiger partial charge in [-0.2, -0.15) is 5.10 Å². The van der Waals surface area contributed by atoms with Gasteiger partial charge in [0.2, 0.25) is 0 Å². The van der Waals surface area contributed by atoms with Crippen molar-refractivity contribution in [3.8, 4) is 0 Å². The zero-order valence-electron chi connectivity index (χ0n) is 16.4. The summed E-state index contributed by atoms with van der Waals surface area (Å²) in [5, 5.41) is 7.16. The molecule has 5 heteroatoms. The SMILES string of the molecule is O=C(NCc1cccc(Cn2cccn2)c1)c1ccccc1C(=O)c1ccccc1. The fourth-order valence-corrected chi connectivity index (χ4v) is 3.32. The summed E-state index contributed by atoms with van der Waals surface area (Å²) in [5.74, 6) is -0.435. The van der Waals surface area contributed by atoms with Gasteiger partial charge < -0.3 is 5.32 Å². The Balaban J connectivity index is 1.47. The third kappa shape index (κ3) is 4.52. The van der Waals surface area contributed by atoms with Crippen LogP contribution in [0.25, 0.3) is 0 Å². The molecule has 148 valence electrons. The monoisotopic (exact) mass is 395 g/mol. The molecule has 1 heterocycles. The number of carbonyl (C=O) groups excluding carboxylic acids is 2. The van der Waals surface area contributed by atoms with Crippen molar-refractivity contribution in [2.24, 2.45) is 0 Å². The van der Waals surface area contributed by atoms with Crippen LogP contribution in [0, 0.1) is 0 Å². The summed E-state index contributed by atoms with van der Waals surface area (Å²) in [5.41, 5.74) is 3.42. The number of ketones is 1. The zero-order chi connectivity index (χ0) is 20.8. The molecule has 3 aromatic carbocycles. The van der Waals surface area contributed by atoms with Crippen LogP contribution in [-0.2, 0) is 13.1 Å². The summed E-state index contributed by atoms with van der Waals surface area (Å²) in [7, 11) is 0. The van der Waals surface area contributed by atoms with Crippen LogP contribution < -0.4 is 5.32 Å². The second kappa shape index (κ2) is 9.01. The van der Waals surface area contributed by atoms with Crippen molar-refractivity contribution in [1.29, 1.82) is 0 Å². The summed E-state index contributed by atoms with van der Waals surface area (Å²) < 4.78 is 1.85. The topological polar surface area (TPSA) is 64.0 Å².